The second-order valence-corrected chi connectivity index (χ2v) is 7.30. The Morgan fingerprint density at radius 1 is 1.22 bits per heavy atom. The van der Waals surface area contributed by atoms with Crippen molar-refractivity contribution in [3.8, 4) is 5.75 Å². The van der Waals surface area contributed by atoms with Gasteiger partial charge in [0.1, 0.15) is 23.3 Å². The number of benzene rings is 1. The second-order valence-electron chi connectivity index (χ2n) is 7.30. The molecule has 0 aliphatic carbocycles. The molecule has 0 radical (unpaired) electrons. The molecule has 128 valence electrons. The minimum Gasteiger partial charge on any atom is -0.490 e. The third-order valence-electron chi connectivity index (χ3n) is 3.95. The maximum Gasteiger partial charge on any atom is 0.410 e. The van der Waals surface area contributed by atoms with E-state index in [4.69, 9.17) is 9.47 Å². The molecule has 1 aromatic carbocycles. The highest BCUT2D eigenvalue weighted by Gasteiger charge is 2.36. The van der Waals surface area contributed by atoms with Crippen LogP contribution in [0.25, 0.3) is 0 Å². The highest BCUT2D eigenvalue weighted by atomic mass is 19.1. The molecule has 1 aliphatic rings. The van der Waals surface area contributed by atoms with Crippen LogP contribution in [0.4, 0.5) is 9.18 Å². The molecule has 1 fully saturated rings. The van der Waals surface area contributed by atoms with Gasteiger partial charge in [-0.2, -0.15) is 0 Å². The lowest BCUT2D eigenvalue weighted by atomic mass is 9.92. The van der Waals surface area contributed by atoms with Crippen molar-refractivity contribution >= 4 is 6.09 Å². The number of carbonyl (C=O) groups excluding carboxylic acids is 1. The Labute approximate surface area is 137 Å². The lowest BCUT2D eigenvalue weighted by molar-refractivity contribution is -0.0164. The van der Waals surface area contributed by atoms with E-state index in [0.717, 1.165) is 6.42 Å². The van der Waals surface area contributed by atoms with Crippen LogP contribution in [0.2, 0.25) is 0 Å². The average molecular weight is 323 g/mol. The Bertz CT molecular complexity index is 538. The van der Waals surface area contributed by atoms with Gasteiger partial charge in [-0.25, -0.2) is 9.18 Å². The van der Waals surface area contributed by atoms with Gasteiger partial charge >= 0.3 is 6.09 Å². The Balaban J connectivity index is 1.98. The zero-order valence-electron chi connectivity index (χ0n) is 14.5. The molecule has 0 spiro atoms. The standard InChI is InChI=1S/C18H26FNO3/c1-12-11-20(17(21)23-18(3,4)5)13(2)10-16(12)22-15-8-6-14(19)7-9-15/h6-9,12-13,16H,10-11H2,1-5H3. The number of hydrogen-bond acceptors (Lipinski definition) is 3. The van der Waals surface area contributed by atoms with Gasteiger partial charge in [-0.05, 0) is 52.0 Å². The molecule has 3 atom stereocenters. The van der Waals surface area contributed by atoms with Crippen LogP contribution in [-0.4, -0.2) is 35.3 Å². The lowest BCUT2D eigenvalue weighted by Gasteiger charge is -2.41. The Morgan fingerprint density at radius 2 is 1.83 bits per heavy atom. The summed E-state index contributed by atoms with van der Waals surface area (Å²) >= 11 is 0. The van der Waals surface area contributed by atoms with E-state index in [1.54, 1.807) is 17.0 Å². The molecule has 0 saturated carbocycles. The fourth-order valence-electron chi connectivity index (χ4n) is 2.73. The first-order chi connectivity index (χ1) is 10.7. The number of rotatable bonds is 2. The molecular weight excluding hydrogens is 297 g/mol. The summed E-state index contributed by atoms with van der Waals surface area (Å²) in [7, 11) is 0. The smallest absolute Gasteiger partial charge is 0.410 e. The quantitative estimate of drug-likeness (QED) is 0.817. The zero-order valence-corrected chi connectivity index (χ0v) is 14.5. The summed E-state index contributed by atoms with van der Waals surface area (Å²) in [5.41, 5.74) is -0.499. The fraction of sp³-hybridized carbons (Fsp3) is 0.611. The summed E-state index contributed by atoms with van der Waals surface area (Å²) < 4.78 is 24.4. The molecule has 0 bridgehead atoms. The first-order valence-corrected chi connectivity index (χ1v) is 8.07. The van der Waals surface area contributed by atoms with Crippen LogP contribution in [-0.2, 0) is 4.74 Å². The Morgan fingerprint density at radius 3 is 2.39 bits per heavy atom. The summed E-state index contributed by atoms with van der Waals surface area (Å²) in [6.07, 6.45) is 0.434. The third-order valence-corrected chi connectivity index (χ3v) is 3.95. The predicted octanol–water partition coefficient (Wildman–Crippen LogP) is 4.24. The SMILES string of the molecule is CC1CN(C(=O)OC(C)(C)C)C(C)CC1Oc1ccc(F)cc1. The predicted molar refractivity (Wildman–Crippen MR) is 87.0 cm³/mol. The van der Waals surface area contributed by atoms with Crippen LogP contribution in [0.3, 0.4) is 0 Å². The number of likely N-dealkylation sites (tertiary alicyclic amines) is 1. The van der Waals surface area contributed by atoms with Crippen molar-refractivity contribution < 1.29 is 18.7 Å². The van der Waals surface area contributed by atoms with E-state index in [2.05, 4.69) is 6.92 Å². The van der Waals surface area contributed by atoms with Gasteiger partial charge in [-0.3, -0.25) is 0 Å². The Kier molecular flexibility index (Phi) is 5.17. The van der Waals surface area contributed by atoms with E-state index in [-0.39, 0.29) is 30.0 Å². The fourth-order valence-corrected chi connectivity index (χ4v) is 2.73. The molecule has 4 nitrogen and oxygen atoms in total. The molecule has 1 aromatic rings. The van der Waals surface area contributed by atoms with Crippen LogP contribution in [0, 0.1) is 11.7 Å². The number of ether oxygens (including phenoxy) is 2. The van der Waals surface area contributed by atoms with E-state index >= 15 is 0 Å². The van der Waals surface area contributed by atoms with Gasteiger partial charge < -0.3 is 14.4 Å². The maximum atomic E-state index is 13.0. The van der Waals surface area contributed by atoms with Crippen molar-refractivity contribution in [2.45, 2.75) is 58.8 Å². The molecular formula is C18H26FNO3. The Hall–Kier alpha value is -1.78. The van der Waals surface area contributed by atoms with Crippen molar-refractivity contribution in [3.05, 3.63) is 30.1 Å². The van der Waals surface area contributed by atoms with Crippen LogP contribution < -0.4 is 4.74 Å². The van der Waals surface area contributed by atoms with Crippen LogP contribution in [0.5, 0.6) is 5.75 Å². The number of hydrogen-bond donors (Lipinski definition) is 0. The first kappa shape index (κ1) is 17.6. The molecule has 1 saturated heterocycles. The van der Waals surface area contributed by atoms with Gasteiger partial charge in [-0.15, -0.1) is 0 Å². The first-order valence-electron chi connectivity index (χ1n) is 8.07. The minimum absolute atomic E-state index is 0.00542. The number of carbonyl (C=O) groups is 1. The van der Waals surface area contributed by atoms with Crippen LogP contribution >= 0.6 is 0 Å². The van der Waals surface area contributed by atoms with Gasteiger partial charge in [0, 0.05) is 24.9 Å². The van der Waals surface area contributed by atoms with Gasteiger partial charge in [0.05, 0.1) is 0 Å². The molecule has 0 aromatic heterocycles. The largest absolute Gasteiger partial charge is 0.490 e. The minimum atomic E-state index is -0.499. The summed E-state index contributed by atoms with van der Waals surface area (Å²) in [5.74, 6) is 0.545. The molecule has 1 heterocycles. The number of nitrogens with zero attached hydrogens (tertiary/aromatic N) is 1. The zero-order chi connectivity index (χ0) is 17.2. The topological polar surface area (TPSA) is 38.8 Å². The molecule has 1 aliphatic heterocycles. The van der Waals surface area contributed by atoms with Crippen LogP contribution in [0.1, 0.15) is 41.0 Å². The molecule has 0 N–H and O–H groups in total. The van der Waals surface area contributed by atoms with E-state index in [1.807, 2.05) is 27.7 Å². The molecule has 1 amide bonds. The monoisotopic (exact) mass is 323 g/mol. The number of amides is 1. The molecule has 2 rings (SSSR count). The van der Waals surface area contributed by atoms with E-state index in [0.29, 0.717) is 12.3 Å². The summed E-state index contributed by atoms with van der Waals surface area (Å²) in [6.45, 7) is 10.2. The summed E-state index contributed by atoms with van der Waals surface area (Å²) in [6, 6.07) is 6.07. The lowest BCUT2D eigenvalue weighted by Crippen LogP contribution is -2.52. The van der Waals surface area contributed by atoms with Gasteiger partial charge in [-0.1, -0.05) is 6.92 Å². The highest BCUT2D eigenvalue weighted by Crippen LogP contribution is 2.28. The summed E-state index contributed by atoms with van der Waals surface area (Å²) in [5, 5.41) is 0. The normalized spacial score (nSPS) is 25.1. The highest BCUT2D eigenvalue weighted by molar-refractivity contribution is 5.68. The van der Waals surface area contributed by atoms with Gasteiger partial charge in [0.15, 0.2) is 0 Å². The van der Waals surface area contributed by atoms with Crippen molar-refractivity contribution in [2.75, 3.05) is 6.54 Å². The second kappa shape index (κ2) is 6.77. The van der Waals surface area contributed by atoms with Crippen molar-refractivity contribution in [3.63, 3.8) is 0 Å². The van der Waals surface area contributed by atoms with E-state index in [9.17, 15) is 9.18 Å². The van der Waals surface area contributed by atoms with E-state index in [1.165, 1.54) is 12.1 Å². The van der Waals surface area contributed by atoms with Crippen molar-refractivity contribution in [1.29, 1.82) is 0 Å². The maximum absolute atomic E-state index is 13.0. The van der Waals surface area contributed by atoms with Gasteiger partial charge in [0.2, 0.25) is 0 Å². The average Bonchev–Trinajstić information content (AvgIpc) is 2.43. The van der Waals surface area contributed by atoms with Gasteiger partial charge in [0.25, 0.3) is 0 Å². The summed E-state index contributed by atoms with van der Waals surface area (Å²) in [4.78, 5) is 14.1. The number of piperidine rings is 1. The molecule has 5 heteroatoms. The molecule has 23 heavy (non-hydrogen) atoms. The van der Waals surface area contributed by atoms with Crippen molar-refractivity contribution in [1.82, 2.24) is 4.90 Å². The van der Waals surface area contributed by atoms with Crippen LogP contribution in [0.15, 0.2) is 24.3 Å². The molecule has 3 unspecified atom stereocenters. The third kappa shape index (κ3) is 4.85. The van der Waals surface area contributed by atoms with Crippen molar-refractivity contribution in [2.24, 2.45) is 5.92 Å². The van der Waals surface area contributed by atoms with E-state index < -0.39 is 5.60 Å². The number of halogens is 1.